The normalized spacial score (nSPS) is 12.8. The number of aliphatic hydroxyl groups is 1. The van der Waals surface area contributed by atoms with Gasteiger partial charge in [0, 0.05) is 50.0 Å². The topological polar surface area (TPSA) is 114 Å². The molecule has 0 aliphatic heterocycles. The van der Waals surface area contributed by atoms with Crippen LogP contribution in [0.25, 0.3) is 0 Å². The van der Waals surface area contributed by atoms with Crippen molar-refractivity contribution in [1.82, 2.24) is 20.9 Å². The second-order valence-corrected chi connectivity index (χ2v) is 12.1. The van der Waals surface area contributed by atoms with Crippen molar-refractivity contribution >= 4 is 36.7 Å². The molecule has 4 N–H and O–H groups in total. The van der Waals surface area contributed by atoms with Gasteiger partial charge in [0.05, 0.1) is 18.2 Å². The number of aliphatic hydroxyl groups excluding tert-OH is 1. The molecule has 3 atom stereocenters. The van der Waals surface area contributed by atoms with Crippen molar-refractivity contribution in [3.05, 3.63) is 137 Å². The smallest absolute Gasteiger partial charge is 0.251 e. The van der Waals surface area contributed by atoms with Gasteiger partial charge in [-0.3, -0.25) is 14.4 Å². The first-order valence-corrected chi connectivity index (χ1v) is 16.0. The molecule has 4 rings (SSSR count). The maximum absolute atomic E-state index is 13.7. The van der Waals surface area contributed by atoms with Crippen LogP contribution in [-0.2, 0) is 17.8 Å². The summed E-state index contributed by atoms with van der Waals surface area (Å²) in [5.74, 6) is -0.753. The van der Waals surface area contributed by atoms with E-state index in [1.807, 2.05) is 97.9 Å². The SMILES string of the molecule is C[C@@H](NC(=O)c1cc(C(=O)N[C@@H](Cc2ccccc2)[C@H](O)CNCCN(C=O)Cc2ccccc2)cc(N(C)S)c1)c1ccccc1. The summed E-state index contributed by atoms with van der Waals surface area (Å²) in [4.78, 5) is 40.3. The van der Waals surface area contributed by atoms with Crippen LogP contribution in [0, 0.1) is 0 Å². The van der Waals surface area contributed by atoms with E-state index in [0.717, 1.165) is 23.1 Å². The number of carbonyl (C=O) groups excluding carboxylic acids is 3. The first-order valence-electron chi connectivity index (χ1n) is 15.6. The van der Waals surface area contributed by atoms with Crippen molar-refractivity contribution in [2.45, 2.75) is 38.1 Å². The second-order valence-electron chi connectivity index (χ2n) is 11.5. The fraction of sp³-hybridized carbons (Fsp3) is 0.270. The van der Waals surface area contributed by atoms with E-state index in [4.69, 9.17) is 0 Å². The molecule has 0 aliphatic carbocycles. The molecule has 0 unspecified atom stereocenters. The highest BCUT2D eigenvalue weighted by Gasteiger charge is 2.24. The van der Waals surface area contributed by atoms with Gasteiger partial charge in [-0.2, -0.15) is 0 Å². The third kappa shape index (κ3) is 11.0. The number of rotatable bonds is 17. The van der Waals surface area contributed by atoms with Crippen molar-refractivity contribution in [3.63, 3.8) is 0 Å². The van der Waals surface area contributed by atoms with Crippen LogP contribution in [0.2, 0.25) is 0 Å². The molecular weight excluding hydrogens is 611 g/mol. The average molecular weight is 654 g/mol. The van der Waals surface area contributed by atoms with Crippen LogP contribution in [0.4, 0.5) is 5.69 Å². The number of amides is 3. The Morgan fingerprint density at radius 1 is 0.830 bits per heavy atom. The maximum atomic E-state index is 13.7. The lowest BCUT2D eigenvalue weighted by Crippen LogP contribution is -2.49. The first kappa shape index (κ1) is 35.2. The van der Waals surface area contributed by atoms with E-state index in [-0.39, 0.29) is 24.1 Å². The van der Waals surface area contributed by atoms with Gasteiger partial charge in [-0.15, -0.1) is 0 Å². The molecule has 0 radical (unpaired) electrons. The van der Waals surface area contributed by atoms with E-state index in [0.29, 0.717) is 37.3 Å². The van der Waals surface area contributed by atoms with Gasteiger partial charge in [-0.1, -0.05) is 104 Å². The summed E-state index contributed by atoms with van der Waals surface area (Å²) in [5.41, 5.74) is 4.09. The predicted octanol–water partition coefficient (Wildman–Crippen LogP) is 4.41. The van der Waals surface area contributed by atoms with Crippen LogP contribution in [0.5, 0.6) is 0 Å². The summed E-state index contributed by atoms with van der Waals surface area (Å²) in [6, 6.07) is 33.0. The third-order valence-electron chi connectivity index (χ3n) is 7.85. The van der Waals surface area contributed by atoms with E-state index in [1.54, 1.807) is 30.1 Å². The highest BCUT2D eigenvalue weighted by Crippen LogP contribution is 2.22. The Bertz CT molecular complexity index is 1570. The second kappa shape index (κ2) is 17.9. The van der Waals surface area contributed by atoms with Gasteiger partial charge in [0.25, 0.3) is 11.8 Å². The standard InChI is InChI=1S/C37H43N5O4S/c1-27(30-16-10-5-11-17-30)39-36(45)31-21-32(23-33(22-31)41(2)47)37(46)40-34(20-28-12-6-3-7-13-28)35(44)24-38-18-19-42(26-43)25-29-14-8-4-9-15-29/h3-17,21-23,26-27,34-35,38,44,47H,18-20,24-25H2,1-2H3,(H,39,45)(H,40,46)/t27-,34+,35-/m1/s1. The molecule has 0 aliphatic rings. The number of nitrogens with zero attached hydrogens (tertiary/aromatic N) is 2. The number of benzene rings is 4. The molecule has 4 aromatic carbocycles. The van der Waals surface area contributed by atoms with E-state index < -0.39 is 18.1 Å². The number of hydrogen-bond acceptors (Lipinski definition) is 7. The Morgan fingerprint density at radius 2 is 1.38 bits per heavy atom. The lowest BCUT2D eigenvalue weighted by Gasteiger charge is -2.26. The minimum atomic E-state index is -0.941. The number of nitrogens with one attached hydrogen (secondary N) is 3. The molecule has 0 heterocycles. The minimum Gasteiger partial charge on any atom is -0.390 e. The number of anilines is 1. The van der Waals surface area contributed by atoms with Crippen molar-refractivity contribution < 1.29 is 19.5 Å². The van der Waals surface area contributed by atoms with Crippen molar-refractivity contribution in [2.75, 3.05) is 31.0 Å². The summed E-state index contributed by atoms with van der Waals surface area (Å²) in [6.07, 6.45) is 0.262. The molecule has 0 fully saturated rings. The molecule has 0 aromatic heterocycles. The summed E-state index contributed by atoms with van der Waals surface area (Å²) in [5, 5.41) is 20.5. The summed E-state index contributed by atoms with van der Waals surface area (Å²) in [6.45, 7) is 3.51. The molecule has 0 spiro atoms. The van der Waals surface area contributed by atoms with Crippen LogP contribution < -0.4 is 20.3 Å². The van der Waals surface area contributed by atoms with Crippen LogP contribution in [-0.4, -0.2) is 67.1 Å². The monoisotopic (exact) mass is 653 g/mol. The molecule has 47 heavy (non-hydrogen) atoms. The van der Waals surface area contributed by atoms with Gasteiger partial charge in [0.15, 0.2) is 0 Å². The largest absolute Gasteiger partial charge is 0.390 e. The van der Waals surface area contributed by atoms with Crippen LogP contribution in [0.3, 0.4) is 0 Å². The molecule has 10 heteroatoms. The lowest BCUT2D eigenvalue weighted by atomic mass is 10.00. The molecule has 0 bridgehead atoms. The Kier molecular flexibility index (Phi) is 13.4. The summed E-state index contributed by atoms with van der Waals surface area (Å²) in [7, 11) is 1.72. The van der Waals surface area contributed by atoms with Crippen LogP contribution in [0.1, 0.15) is 50.4 Å². The molecular formula is C37H43N5O4S. The van der Waals surface area contributed by atoms with E-state index in [9.17, 15) is 19.5 Å². The third-order valence-corrected chi connectivity index (χ3v) is 8.08. The molecule has 9 nitrogen and oxygen atoms in total. The van der Waals surface area contributed by atoms with Crippen molar-refractivity contribution in [3.8, 4) is 0 Å². The van der Waals surface area contributed by atoms with E-state index >= 15 is 0 Å². The molecule has 0 saturated heterocycles. The van der Waals surface area contributed by atoms with Crippen molar-refractivity contribution in [2.24, 2.45) is 0 Å². The molecule has 0 saturated carbocycles. The fourth-order valence-corrected chi connectivity index (χ4v) is 5.29. The van der Waals surface area contributed by atoms with Crippen molar-refractivity contribution in [1.29, 1.82) is 0 Å². The first-order chi connectivity index (χ1) is 22.7. The van der Waals surface area contributed by atoms with E-state index in [1.165, 1.54) is 4.31 Å². The molecule has 4 aromatic rings. The summed E-state index contributed by atoms with van der Waals surface area (Å²) < 4.78 is 1.54. The zero-order valence-electron chi connectivity index (χ0n) is 26.8. The van der Waals surface area contributed by atoms with Gasteiger partial charge < -0.3 is 30.3 Å². The van der Waals surface area contributed by atoms with Gasteiger partial charge in [0.2, 0.25) is 6.41 Å². The zero-order valence-corrected chi connectivity index (χ0v) is 27.6. The van der Waals surface area contributed by atoms with Crippen LogP contribution >= 0.6 is 12.8 Å². The average Bonchev–Trinajstić information content (AvgIpc) is 3.10. The minimum absolute atomic E-state index is 0.195. The Labute approximate surface area is 282 Å². The number of carbonyl (C=O) groups is 3. The summed E-state index contributed by atoms with van der Waals surface area (Å²) >= 11 is 4.41. The Balaban J connectivity index is 1.44. The predicted molar refractivity (Wildman–Crippen MR) is 189 cm³/mol. The highest BCUT2D eigenvalue weighted by atomic mass is 32.1. The number of hydrogen-bond donors (Lipinski definition) is 5. The van der Waals surface area contributed by atoms with E-state index in [2.05, 4.69) is 28.8 Å². The van der Waals surface area contributed by atoms with Gasteiger partial charge >= 0.3 is 0 Å². The lowest BCUT2D eigenvalue weighted by molar-refractivity contribution is -0.118. The number of thiol groups is 1. The highest BCUT2D eigenvalue weighted by molar-refractivity contribution is 7.81. The Morgan fingerprint density at radius 3 is 1.96 bits per heavy atom. The quantitative estimate of drug-likeness (QED) is 0.0656. The molecule has 246 valence electrons. The zero-order chi connectivity index (χ0) is 33.6. The van der Waals surface area contributed by atoms with Gasteiger partial charge in [-0.05, 0) is 48.2 Å². The van der Waals surface area contributed by atoms with Gasteiger partial charge in [0.1, 0.15) is 0 Å². The van der Waals surface area contributed by atoms with Gasteiger partial charge in [-0.25, -0.2) is 0 Å². The Hall–Kier alpha value is -4.64. The van der Waals surface area contributed by atoms with Crippen LogP contribution in [0.15, 0.2) is 109 Å². The fourth-order valence-electron chi connectivity index (χ4n) is 5.17. The maximum Gasteiger partial charge on any atom is 0.251 e. The molecule has 3 amide bonds.